The fourth-order valence-corrected chi connectivity index (χ4v) is 3.09. The molecule has 0 saturated heterocycles. The Bertz CT molecular complexity index is 983. The molecule has 0 fully saturated rings. The number of aromatic nitrogens is 3. The monoisotopic (exact) mass is 363 g/mol. The summed E-state index contributed by atoms with van der Waals surface area (Å²) in [4.78, 5) is 4.22. The summed E-state index contributed by atoms with van der Waals surface area (Å²) in [5, 5.41) is 9.90. The minimum Gasteiger partial charge on any atom is -0.368 e. The van der Waals surface area contributed by atoms with Crippen molar-refractivity contribution >= 4 is 39.0 Å². The average Bonchev–Trinajstić information content (AvgIpc) is 2.92. The number of rotatable bonds is 4. The van der Waals surface area contributed by atoms with Gasteiger partial charge in [0.2, 0.25) is 11.9 Å². The second-order valence-corrected chi connectivity index (χ2v) is 7.58. The van der Waals surface area contributed by atoms with Crippen LogP contribution in [0, 0.1) is 0 Å². The van der Waals surface area contributed by atoms with Gasteiger partial charge in [-0.05, 0) is 29.8 Å². The van der Waals surface area contributed by atoms with E-state index in [9.17, 15) is 8.42 Å². The Labute approximate surface area is 143 Å². The van der Waals surface area contributed by atoms with Crippen molar-refractivity contribution in [1.29, 1.82) is 0 Å². The quantitative estimate of drug-likeness (QED) is 0.656. The molecule has 0 aliphatic heterocycles. The molecule has 24 heavy (non-hydrogen) atoms. The number of nitrogens with one attached hydrogen (secondary N) is 2. The summed E-state index contributed by atoms with van der Waals surface area (Å²) in [6.45, 7) is 0. The van der Waals surface area contributed by atoms with Crippen LogP contribution in [0.3, 0.4) is 0 Å². The Morgan fingerprint density at radius 3 is 2.42 bits per heavy atom. The third kappa shape index (κ3) is 3.50. The molecule has 0 aliphatic rings. The largest absolute Gasteiger partial charge is 0.368 e. The zero-order valence-corrected chi connectivity index (χ0v) is 14.2. The fourth-order valence-electron chi connectivity index (χ4n) is 2.17. The number of nitrogens with two attached hydrogens (primary N) is 1. The van der Waals surface area contributed by atoms with Crippen molar-refractivity contribution in [2.24, 2.45) is 0 Å². The first-order chi connectivity index (χ1) is 11.3. The third-order valence-corrected chi connectivity index (χ3v) is 4.76. The average molecular weight is 364 g/mol. The Kier molecular flexibility index (Phi) is 4.16. The summed E-state index contributed by atoms with van der Waals surface area (Å²) in [6, 6.07) is 11.9. The first kappa shape index (κ1) is 16.3. The summed E-state index contributed by atoms with van der Waals surface area (Å²) < 4.78 is 23.0. The lowest BCUT2D eigenvalue weighted by Crippen LogP contribution is -1.96. The Morgan fingerprint density at radius 1 is 1.17 bits per heavy atom. The normalized spacial score (nSPS) is 11.4. The highest BCUT2D eigenvalue weighted by Gasteiger charge is 2.10. The van der Waals surface area contributed by atoms with E-state index in [0.717, 1.165) is 11.1 Å². The third-order valence-electron chi connectivity index (χ3n) is 3.32. The van der Waals surface area contributed by atoms with Crippen LogP contribution in [-0.4, -0.2) is 29.9 Å². The lowest BCUT2D eigenvalue weighted by atomic mass is 10.1. The zero-order valence-electron chi connectivity index (χ0n) is 12.6. The molecule has 0 radical (unpaired) electrons. The molecule has 0 amide bonds. The van der Waals surface area contributed by atoms with Crippen molar-refractivity contribution in [3.8, 4) is 11.1 Å². The van der Waals surface area contributed by atoms with E-state index in [1.807, 2.05) is 12.1 Å². The molecule has 9 heteroatoms. The van der Waals surface area contributed by atoms with Crippen LogP contribution in [0.4, 0.5) is 17.6 Å². The summed E-state index contributed by atoms with van der Waals surface area (Å²) in [6.07, 6.45) is 1.17. The molecule has 0 aliphatic carbocycles. The first-order valence-electron chi connectivity index (χ1n) is 6.88. The van der Waals surface area contributed by atoms with Crippen LogP contribution in [0.2, 0.25) is 5.02 Å². The van der Waals surface area contributed by atoms with Crippen LogP contribution in [0.5, 0.6) is 0 Å². The Balaban J connectivity index is 1.87. The highest BCUT2D eigenvalue weighted by Crippen LogP contribution is 2.31. The van der Waals surface area contributed by atoms with Gasteiger partial charge >= 0.3 is 0 Å². The number of aromatic amines is 1. The van der Waals surface area contributed by atoms with Gasteiger partial charge in [-0.3, -0.25) is 0 Å². The lowest BCUT2D eigenvalue weighted by molar-refractivity contribution is 0.602. The summed E-state index contributed by atoms with van der Waals surface area (Å²) in [5.74, 6) is 0.556. The van der Waals surface area contributed by atoms with E-state index >= 15 is 0 Å². The molecule has 1 aromatic heterocycles. The van der Waals surface area contributed by atoms with Crippen molar-refractivity contribution in [2.45, 2.75) is 4.90 Å². The van der Waals surface area contributed by atoms with Gasteiger partial charge in [0.05, 0.1) is 9.92 Å². The predicted octanol–water partition coefficient (Wildman–Crippen LogP) is 2.85. The van der Waals surface area contributed by atoms with E-state index in [0.29, 0.717) is 16.7 Å². The van der Waals surface area contributed by atoms with E-state index in [2.05, 4.69) is 20.5 Å². The van der Waals surface area contributed by atoms with Gasteiger partial charge in [0.1, 0.15) is 0 Å². The molecule has 4 N–H and O–H groups in total. The SMILES string of the molecule is CS(=O)(=O)c1ccc(-c2ccc(Nc3n[nH]c(N)n3)cc2Cl)cc1. The number of nitrogens with zero attached hydrogens (tertiary/aromatic N) is 2. The molecule has 0 saturated carbocycles. The van der Waals surface area contributed by atoms with Crippen LogP contribution >= 0.6 is 11.6 Å². The van der Waals surface area contributed by atoms with Gasteiger partial charge < -0.3 is 11.1 Å². The molecule has 3 aromatic rings. The van der Waals surface area contributed by atoms with Crippen molar-refractivity contribution < 1.29 is 8.42 Å². The van der Waals surface area contributed by atoms with Crippen LogP contribution < -0.4 is 11.1 Å². The zero-order chi connectivity index (χ0) is 17.3. The second kappa shape index (κ2) is 6.14. The van der Waals surface area contributed by atoms with Crippen LogP contribution in [0.15, 0.2) is 47.4 Å². The summed E-state index contributed by atoms with van der Waals surface area (Å²) >= 11 is 6.33. The number of benzene rings is 2. The number of anilines is 3. The van der Waals surface area contributed by atoms with E-state index in [4.69, 9.17) is 17.3 Å². The Morgan fingerprint density at radius 2 is 1.88 bits per heavy atom. The van der Waals surface area contributed by atoms with Crippen molar-refractivity contribution in [1.82, 2.24) is 15.2 Å². The van der Waals surface area contributed by atoms with Crippen LogP contribution in [0.1, 0.15) is 0 Å². The predicted molar refractivity (Wildman–Crippen MR) is 94.1 cm³/mol. The molecular weight excluding hydrogens is 350 g/mol. The van der Waals surface area contributed by atoms with Gasteiger partial charge in [-0.2, -0.15) is 4.98 Å². The van der Waals surface area contributed by atoms with Crippen LogP contribution in [-0.2, 0) is 9.84 Å². The van der Waals surface area contributed by atoms with Gasteiger partial charge in [-0.15, -0.1) is 5.10 Å². The maximum Gasteiger partial charge on any atom is 0.248 e. The number of hydrogen-bond donors (Lipinski definition) is 3. The molecular formula is C15H14ClN5O2S. The lowest BCUT2D eigenvalue weighted by Gasteiger charge is -2.08. The number of halogens is 1. The summed E-state index contributed by atoms with van der Waals surface area (Å²) in [7, 11) is -3.22. The highest BCUT2D eigenvalue weighted by atomic mass is 35.5. The number of H-pyrrole nitrogens is 1. The first-order valence-corrected chi connectivity index (χ1v) is 9.15. The van der Waals surface area contributed by atoms with E-state index in [-0.39, 0.29) is 10.8 Å². The number of sulfone groups is 1. The van der Waals surface area contributed by atoms with E-state index in [1.54, 1.807) is 30.3 Å². The van der Waals surface area contributed by atoms with Crippen molar-refractivity contribution in [3.05, 3.63) is 47.5 Å². The van der Waals surface area contributed by atoms with Gasteiger partial charge in [0.15, 0.2) is 9.84 Å². The van der Waals surface area contributed by atoms with Gasteiger partial charge in [-0.25, -0.2) is 13.5 Å². The van der Waals surface area contributed by atoms with Gasteiger partial charge in [0.25, 0.3) is 0 Å². The highest BCUT2D eigenvalue weighted by molar-refractivity contribution is 7.90. The number of nitrogen functional groups attached to an aromatic ring is 1. The van der Waals surface area contributed by atoms with Gasteiger partial charge in [-0.1, -0.05) is 29.8 Å². The maximum atomic E-state index is 11.5. The minimum absolute atomic E-state index is 0.214. The molecule has 1 heterocycles. The van der Waals surface area contributed by atoms with E-state index in [1.165, 1.54) is 6.26 Å². The van der Waals surface area contributed by atoms with E-state index < -0.39 is 9.84 Å². The standard InChI is InChI=1S/C15H14ClN5O2S/c1-24(22,23)11-5-2-9(3-6-11)12-7-4-10(8-13(12)16)18-15-19-14(17)20-21-15/h2-8H,1H3,(H4,17,18,19,20,21). The van der Waals surface area contributed by atoms with Gasteiger partial charge in [0, 0.05) is 17.5 Å². The fraction of sp³-hybridized carbons (Fsp3) is 0.0667. The van der Waals surface area contributed by atoms with Crippen LogP contribution in [0.25, 0.3) is 11.1 Å². The summed E-state index contributed by atoms with van der Waals surface area (Å²) in [5.41, 5.74) is 7.78. The number of hydrogen-bond acceptors (Lipinski definition) is 6. The molecule has 0 unspecified atom stereocenters. The topological polar surface area (TPSA) is 114 Å². The van der Waals surface area contributed by atoms with Crippen molar-refractivity contribution in [2.75, 3.05) is 17.3 Å². The molecule has 0 bridgehead atoms. The smallest absolute Gasteiger partial charge is 0.248 e. The molecule has 0 atom stereocenters. The molecule has 7 nitrogen and oxygen atoms in total. The molecule has 0 spiro atoms. The van der Waals surface area contributed by atoms with Crippen molar-refractivity contribution in [3.63, 3.8) is 0 Å². The molecule has 124 valence electrons. The minimum atomic E-state index is -3.22. The Hall–Kier alpha value is -2.58. The second-order valence-electron chi connectivity index (χ2n) is 5.16. The maximum absolute atomic E-state index is 11.5. The molecule has 2 aromatic carbocycles. The molecule has 3 rings (SSSR count).